The molecule has 1 nitrogen and oxygen atoms in total. The summed E-state index contributed by atoms with van der Waals surface area (Å²) in [5.74, 6) is 5.12. The molecule has 1 heterocycles. The number of rotatable bonds is 1. The zero-order chi connectivity index (χ0) is 19.5. The first kappa shape index (κ1) is 22.0. The van der Waals surface area contributed by atoms with Gasteiger partial charge < -0.3 is 5.11 Å². The maximum atomic E-state index is 8.63. The normalized spacial score (nSPS) is 26.6. The van der Waals surface area contributed by atoms with Gasteiger partial charge in [0.05, 0.1) is 0 Å². The molecule has 2 heteroatoms. The molecule has 27 heavy (non-hydrogen) atoms. The number of phenolic OH excluding ortho intramolecular Hbond substituents is 1. The minimum absolute atomic E-state index is 0.322. The Labute approximate surface area is 170 Å². The van der Waals surface area contributed by atoms with Crippen LogP contribution in [0.15, 0.2) is 47.8 Å². The van der Waals surface area contributed by atoms with E-state index >= 15 is 0 Å². The Hall–Kier alpha value is -1.28. The molecule has 4 unspecified atom stereocenters. The molecule has 1 aromatic heterocycles. The van der Waals surface area contributed by atoms with Gasteiger partial charge in [-0.3, -0.25) is 0 Å². The third-order valence-corrected chi connectivity index (χ3v) is 7.06. The van der Waals surface area contributed by atoms with Crippen LogP contribution in [0.3, 0.4) is 0 Å². The zero-order valence-corrected chi connectivity index (χ0v) is 18.3. The fourth-order valence-electron chi connectivity index (χ4n) is 4.96. The summed E-state index contributed by atoms with van der Waals surface area (Å²) in [5.41, 5.74) is 0. The maximum absolute atomic E-state index is 8.63. The average molecular weight is 387 g/mol. The quantitative estimate of drug-likeness (QED) is 0.527. The highest BCUT2D eigenvalue weighted by atomic mass is 32.1. The first-order valence-electron chi connectivity index (χ1n) is 11.0. The van der Waals surface area contributed by atoms with E-state index in [1.54, 1.807) is 62.8 Å². The monoisotopic (exact) mass is 386 g/mol. The zero-order valence-electron chi connectivity index (χ0n) is 17.4. The van der Waals surface area contributed by atoms with Crippen molar-refractivity contribution in [3.05, 3.63) is 52.7 Å². The lowest BCUT2D eigenvalue weighted by molar-refractivity contribution is 0.259. The summed E-state index contributed by atoms with van der Waals surface area (Å²) in [7, 11) is 0. The predicted octanol–water partition coefficient (Wildman–Crippen LogP) is 7.95. The van der Waals surface area contributed by atoms with Crippen molar-refractivity contribution in [1.82, 2.24) is 0 Å². The van der Waals surface area contributed by atoms with Crippen LogP contribution in [0.25, 0.3) is 0 Å². The van der Waals surface area contributed by atoms with Crippen LogP contribution in [-0.4, -0.2) is 5.11 Å². The first-order valence-corrected chi connectivity index (χ1v) is 11.8. The van der Waals surface area contributed by atoms with Crippen LogP contribution >= 0.6 is 11.3 Å². The number of benzene rings is 1. The SMILES string of the molecule is C1CC2C3CCC(C3)C2C1.CCC.CCc1cccs1.Oc1ccccc1. The Morgan fingerprint density at radius 3 is 1.81 bits per heavy atom. The topological polar surface area (TPSA) is 20.2 Å². The molecule has 0 aliphatic heterocycles. The summed E-state index contributed by atoms with van der Waals surface area (Å²) in [6.07, 6.45) is 12.0. The van der Waals surface area contributed by atoms with Crippen LogP contribution in [0.4, 0.5) is 0 Å². The smallest absolute Gasteiger partial charge is 0.115 e. The Kier molecular flexibility index (Phi) is 9.97. The number of thiophene rings is 1. The minimum atomic E-state index is 0.322. The predicted molar refractivity (Wildman–Crippen MR) is 119 cm³/mol. The van der Waals surface area contributed by atoms with Crippen molar-refractivity contribution >= 4 is 11.3 Å². The molecule has 3 aliphatic carbocycles. The lowest BCUT2D eigenvalue weighted by Crippen LogP contribution is -2.15. The summed E-state index contributed by atoms with van der Waals surface area (Å²) in [4.78, 5) is 1.47. The molecule has 150 valence electrons. The van der Waals surface area contributed by atoms with Crippen molar-refractivity contribution in [2.24, 2.45) is 23.7 Å². The summed E-state index contributed by atoms with van der Waals surface area (Å²) in [5, 5.41) is 10.7. The van der Waals surface area contributed by atoms with Gasteiger partial charge in [0.15, 0.2) is 0 Å². The molecule has 0 saturated heterocycles. The van der Waals surface area contributed by atoms with Gasteiger partial charge in [-0.2, -0.15) is 0 Å². The molecule has 0 amide bonds. The summed E-state index contributed by atoms with van der Waals surface area (Å²) in [6, 6.07) is 13.0. The van der Waals surface area contributed by atoms with Crippen molar-refractivity contribution < 1.29 is 5.11 Å². The van der Waals surface area contributed by atoms with Gasteiger partial charge in [0.25, 0.3) is 0 Å². The number of hydrogen-bond donors (Lipinski definition) is 1. The molecule has 0 radical (unpaired) electrons. The molecule has 3 fully saturated rings. The highest BCUT2D eigenvalue weighted by Gasteiger charge is 2.48. The van der Waals surface area contributed by atoms with Gasteiger partial charge in [-0.1, -0.05) is 57.9 Å². The van der Waals surface area contributed by atoms with E-state index in [2.05, 4.69) is 38.3 Å². The van der Waals surface area contributed by atoms with Crippen molar-refractivity contribution in [3.8, 4) is 5.75 Å². The van der Waals surface area contributed by atoms with Gasteiger partial charge in [-0.05, 0) is 85.8 Å². The number of aromatic hydroxyl groups is 1. The van der Waals surface area contributed by atoms with Crippen LogP contribution in [0, 0.1) is 23.7 Å². The summed E-state index contributed by atoms with van der Waals surface area (Å²) in [6.45, 7) is 6.42. The average Bonchev–Trinajstić information content (AvgIpc) is 3.48. The van der Waals surface area contributed by atoms with Crippen molar-refractivity contribution in [1.29, 1.82) is 0 Å². The van der Waals surface area contributed by atoms with E-state index < -0.39 is 0 Å². The van der Waals surface area contributed by atoms with Gasteiger partial charge in [-0.25, -0.2) is 0 Å². The number of fused-ring (bicyclic) bond motifs is 5. The van der Waals surface area contributed by atoms with Crippen LogP contribution < -0.4 is 0 Å². The largest absolute Gasteiger partial charge is 0.508 e. The molecule has 1 N–H and O–H groups in total. The fourth-order valence-corrected chi connectivity index (χ4v) is 5.62. The lowest BCUT2D eigenvalue weighted by atomic mass is 9.82. The molecule has 3 aliphatic rings. The number of hydrogen-bond acceptors (Lipinski definition) is 2. The second kappa shape index (κ2) is 12.2. The lowest BCUT2D eigenvalue weighted by Gasteiger charge is -2.23. The summed E-state index contributed by atoms with van der Waals surface area (Å²) >= 11 is 1.82. The molecular weight excluding hydrogens is 348 g/mol. The Balaban J connectivity index is 0.000000139. The Morgan fingerprint density at radius 2 is 1.44 bits per heavy atom. The highest BCUT2D eigenvalue weighted by molar-refractivity contribution is 7.09. The van der Waals surface area contributed by atoms with E-state index in [4.69, 9.17) is 5.11 Å². The molecule has 2 bridgehead atoms. The van der Waals surface area contributed by atoms with E-state index in [-0.39, 0.29) is 0 Å². The van der Waals surface area contributed by atoms with Crippen LogP contribution in [0.5, 0.6) is 5.75 Å². The maximum Gasteiger partial charge on any atom is 0.115 e. The van der Waals surface area contributed by atoms with Gasteiger partial charge in [0.1, 0.15) is 5.75 Å². The number of phenols is 1. The Morgan fingerprint density at radius 1 is 0.852 bits per heavy atom. The van der Waals surface area contributed by atoms with Crippen molar-refractivity contribution in [3.63, 3.8) is 0 Å². The second-order valence-corrected chi connectivity index (χ2v) is 9.10. The number of para-hydroxylation sites is 1. The first-order chi connectivity index (χ1) is 13.2. The van der Waals surface area contributed by atoms with E-state index in [0.717, 1.165) is 0 Å². The van der Waals surface area contributed by atoms with E-state index in [9.17, 15) is 0 Å². The van der Waals surface area contributed by atoms with Gasteiger partial charge in [0.2, 0.25) is 0 Å². The van der Waals surface area contributed by atoms with E-state index in [1.165, 1.54) is 41.4 Å². The Bertz CT molecular complexity index is 576. The minimum Gasteiger partial charge on any atom is -0.508 e. The van der Waals surface area contributed by atoms with Gasteiger partial charge in [0, 0.05) is 4.88 Å². The third kappa shape index (κ3) is 6.99. The second-order valence-electron chi connectivity index (χ2n) is 8.07. The van der Waals surface area contributed by atoms with Crippen LogP contribution in [0.1, 0.15) is 70.6 Å². The molecule has 5 rings (SSSR count). The molecular formula is C25H38OS. The van der Waals surface area contributed by atoms with Crippen LogP contribution in [-0.2, 0) is 6.42 Å². The number of aryl methyl sites for hydroxylation is 1. The van der Waals surface area contributed by atoms with Gasteiger partial charge >= 0.3 is 0 Å². The standard InChI is InChI=1S/C10H16.C6H6O.C6H8S.C3H8/c1-2-9-7-4-5-8(6-7)10(9)3-1;7-6-4-2-1-3-5-6;1-2-6-4-3-5-7-6;1-3-2/h7-10H,1-6H2;1-5,7H;3-5H,2H2,1H3;3H2,1-2H3. The van der Waals surface area contributed by atoms with Crippen LogP contribution in [0.2, 0.25) is 0 Å². The van der Waals surface area contributed by atoms with E-state index in [0.29, 0.717) is 5.75 Å². The highest BCUT2D eigenvalue weighted by Crippen LogP contribution is 2.58. The fraction of sp³-hybridized carbons (Fsp3) is 0.600. The molecule has 2 aromatic rings. The molecule has 1 aromatic carbocycles. The van der Waals surface area contributed by atoms with E-state index in [1.807, 2.05) is 17.4 Å². The third-order valence-electron chi connectivity index (χ3n) is 6.03. The van der Waals surface area contributed by atoms with Crippen molar-refractivity contribution in [2.75, 3.05) is 0 Å². The van der Waals surface area contributed by atoms with Gasteiger partial charge in [-0.15, -0.1) is 11.3 Å². The van der Waals surface area contributed by atoms with Crippen molar-refractivity contribution in [2.45, 2.75) is 72.1 Å². The summed E-state index contributed by atoms with van der Waals surface area (Å²) < 4.78 is 0. The molecule has 3 saturated carbocycles. The molecule has 0 spiro atoms. The molecule has 4 atom stereocenters.